The highest BCUT2D eigenvalue weighted by Crippen LogP contribution is 2.20. The molecule has 5 heteroatoms. The average molecular weight is 196 g/mol. The molecular weight excluding hydrogens is 180 g/mol. The minimum atomic E-state index is 0.325. The Balaban J connectivity index is 1.67. The summed E-state index contributed by atoms with van der Waals surface area (Å²) in [4.78, 5) is 3.84. The fourth-order valence-electron chi connectivity index (χ4n) is 1.78. The highest BCUT2D eigenvalue weighted by Gasteiger charge is 2.14. The Morgan fingerprint density at radius 3 is 2.93 bits per heavy atom. The predicted molar refractivity (Wildman–Crippen MR) is 52.6 cm³/mol. The van der Waals surface area contributed by atoms with Crippen molar-refractivity contribution in [1.82, 2.24) is 14.8 Å². The summed E-state index contributed by atoms with van der Waals surface area (Å²) in [5.41, 5.74) is 5.39. The van der Waals surface area contributed by atoms with Gasteiger partial charge in [0.15, 0.2) is 0 Å². The van der Waals surface area contributed by atoms with Gasteiger partial charge in [-0.1, -0.05) is 12.8 Å². The van der Waals surface area contributed by atoms with Crippen LogP contribution in [0.4, 0.5) is 5.95 Å². The second-order valence-corrected chi connectivity index (χ2v) is 3.64. The predicted octanol–water partition coefficient (Wildman–Crippen LogP) is 0.819. The Bertz CT molecular complexity index is 280. The van der Waals surface area contributed by atoms with Gasteiger partial charge in [0.25, 0.3) is 0 Å². The maximum absolute atomic E-state index is 5.69. The number of anilines is 1. The van der Waals surface area contributed by atoms with E-state index in [0.29, 0.717) is 18.7 Å². The van der Waals surface area contributed by atoms with Crippen molar-refractivity contribution in [3.05, 3.63) is 6.33 Å². The van der Waals surface area contributed by atoms with E-state index in [1.165, 1.54) is 25.7 Å². The van der Waals surface area contributed by atoms with E-state index in [1.807, 2.05) is 0 Å². The van der Waals surface area contributed by atoms with Gasteiger partial charge in [0.2, 0.25) is 5.95 Å². The highest BCUT2D eigenvalue weighted by atomic mass is 16.5. The fourth-order valence-corrected chi connectivity index (χ4v) is 1.78. The van der Waals surface area contributed by atoms with E-state index in [9.17, 15) is 0 Å². The van der Waals surface area contributed by atoms with Crippen LogP contribution in [0.15, 0.2) is 6.33 Å². The zero-order chi connectivity index (χ0) is 9.80. The van der Waals surface area contributed by atoms with Crippen LogP contribution in [0.25, 0.3) is 0 Å². The third-order valence-electron chi connectivity index (χ3n) is 2.53. The number of nitrogens with zero attached hydrogens (tertiary/aromatic N) is 3. The third-order valence-corrected chi connectivity index (χ3v) is 2.53. The van der Waals surface area contributed by atoms with Gasteiger partial charge in [-0.15, -0.1) is 5.10 Å². The van der Waals surface area contributed by atoms with Crippen molar-refractivity contribution < 1.29 is 4.74 Å². The van der Waals surface area contributed by atoms with Gasteiger partial charge < -0.3 is 10.5 Å². The van der Waals surface area contributed by atoms with E-state index < -0.39 is 0 Å². The lowest BCUT2D eigenvalue weighted by Gasteiger charge is -2.10. The quantitative estimate of drug-likeness (QED) is 0.774. The summed E-state index contributed by atoms with van der Waals surface area (Å²) in [6, 6.07) is 0. The van der Waals surface area contributed by atoms with Crippen molar-refractivity contribution in [1.29, 1.82) is 0 Å². The smallest absolute Gasteiger partial charge is 0.239 e. The fraction of sp³-hybridized carbons (Fsp3) is 0.778. The number of nitrogens with two attached hydrogens (primary N) is 1. The first-order valence-corrected chi connectivity index (χ1v) is 5.11. The van der Waals surface area contributed by atoms with Crippen molar-refractivity contribution in [3.8, 4) is 0 Å². The molecule has 1 heterocycles. The van der Waals surface area contributed by atoms with Crippen LogP contribution in [0.1, 0.15) is 25.7 Å². The minimum Gasteiger partial charge on any atom is -0.376 e. The summed E-state index contributed by atoms with van der Waals surface area (Å²) in [5.74, 6) is 0.325. The number of nitrogen functional groups attached to an aromatic ring is 1. The molecule has 0 unspecified atom stereocenters. The maximum atomic E-state index is 5.69. The van der Waals surface area contributed by atoms with Gasteiger partial charge >= 0.3 is 0 Å². The Kier molecular flexibility index (Phi) is 2.98. The molecule has 0 atom stereocenters. The lowest BCUT2D eigenvalue weighted by atomic mass is 10.3. The van der Waals surface area contributed by atoms with Gasteiger partial charge in [0.05, 0.1) is 19.3 Å². The van der Waals surface area contributed by atoms with Gasteiger partial charge in [0.1, 0.15) is 6.33 Å². The van der Waals surface area contributed by atoms with E-state index in [1.54, 1.807) is 11.0 Å². The van der Waals surface area contributed by atoms with Gasteiger partial charge in [-0.25, -0.2) is 9.67 Å². The zero-order valence-electron chi connectivity index (χ0n) is 8.22. The Morgan fingerprint density at radius 2 is 2.29 bits per heavy atom. The Labute approximate surface area is 83.3 Å². The lowest BCUT2D eigenvalue weighted by Crippen LogP contribution is -2.13. The first-order valence-electron chi connectivity index (χ1n) is 5.11. The number of aromatic nitrogens is 3. The molecule has 0 saturated heterocycles. The second kappa shape index (κ2) is 4.41. The summed E-state index contributed by atoms with van der Waals surface area (Å²) < 4.78 is 7.40. The van der Waals surface area contributed by atoms with Crippen LogP contribution >= 0.6 is 0 Å². The molecule has 0 aliphatic heterocycles. The standard InChI is InChI=1S/C9H16N4O/c10-9-11-7-13(12-9)5-6-14-8-3-1-2-4-8/h7-8H,1-6H2,(H2,10,12). The average Bonchev–Trinajstić information content (AvgIpc) is 2.77. The maximum Gasteiger partial charge on any atom is 0.239 e. The molecule has 14 heavy (non-hydrogen) atoms. The largest absolute Gasteiger partial charge is 0.376 e. The second-order valence-electron chi connectivity index (χ2n) is 3.64. The molecule has 0 bridgehead atoms. The number of ether oxygens (including phenoxy) is 1. The molecule has 2 rings (SSSR count). The van der Waals surface area contributed by atoms with Crippen molar-refractivity contribution >= 4 is 5.95 Å². The molecule has 0 spiro atoms. The van der Waals surface area contributed by atoms with Crippen LogP contribution in [0.3, 0.4) is 0 Å². The number of hydrogen-bond donors (Lipinski definition) is 1. The summed E-state index contributed by atoms with van der Waals surface area (Å²) >= 11 is 0. The van der Waals surface area contributed by atoms with E-state index in [-0.39, 0.29) is 0 Å². The van der Waals surface area contributed by atoms with Crippen molar-refractivity contribution in [2.75, 3.05) is 12.3 Å². The molecular formula is C9H16N4O. The van der Waals surface area contributed by atoms with Gasteiger partial charge in [-0.2, -0.15) is 0 Å². The minimum absolute atomic E-state index is 0.325. The molecule has 1 aromatic rings. The van der Waals surface area contributed by atoms with Crippen molar-refractivity contribution in [2.24, 2.45) is 0 Å². The first-order chi connectivity index (χ1) is 6.84. The third kappa shape index (κ3) is 2.45. The van der Waals surface area contributed by atoms with Gasteiger partial charge in [-0.3, -0.25) is 0 Å². The van der Waals surface area contributed by atoms with Crippen LogP contribution in [0, 0.1) is 0 Å². The monoisotopic (exact) mass is 196 g/mol. The van der Waals surface area contributed by atoms with E-state index in [2.05, 4.69) is 10.1 Å². The molecule has 0 aromatic carbocycles. The molecule has 5 nitrogen and oxygen atoms in total. The molecule has 0 amide bonds. The van der Waals surface area contributed by atoms with Crippen molar-refractivity contribution in [2.45, 2.75) is 38.3 Å². The van der Waals surface area contributed by atoms with Crippen LogP contribution in [0.2, 0.25) is 0 Å². The van der Waals surface area contributed by atoms with Gasteiger partial charge in [0, 0.05) is 0 Å². The molecule has 1 saturated carbocycles. The van der Waals surface area contributed by atoms with Gasteiger partial charge in [-0.05, 0) is 12.8 Å². The van der Waals surface area contributed by atoms with Crippen LogP contribution in [0.5, 0.6) is 0 Å². The normalized spacial score (nSPS) is 17.7. The molecule has 1 aliphatic rings. The number of hydrogen-bond acceptors (Lipinski definition) is 4. The van der Waals surface area contributed by atoms with Crippen LogP contribution < -0.4 is 5.73 Å². The van der Waals surface area contributed by atoms with E-state index in [4.69, 9.17) is 10.5 Å². The van der Waals surface area contributed by atoms with Crippen molar-refractivity contribution in [3.63, 3.8) is 0 Å². The molecule has 1 fully saturated rings. The highest BCUT2D eigenvalue weighted by molar-refractivity contribution is 5.09. The van der Waals surface area contributed by atoms with E-state index >= 15 is 0 Å². The summed E-state index contributed by atoms with van der Waals surface area (Å²) in [6.45, 7) is 1.44. The number of rotatable bonds is 4. The molecule has 1 aromatic heterocycles. The Hall–Kier alpha value is -1.10. The molecule has 2 N–H and O–H groups in total. The topological polar surface area (TPSA) is 66.0 Å². The van der Waals surface area contributed by atoms with Crippen LogP contribution in [-0.2, 0) is 11.3 Å². The zero-order valence-corrected chi connectivity index (χ0v) is 8.22. The lowest BCUT2D eigenvalue weighted by molar-refractivity contribution is 0.0514. The molecule has 1 aliphatic carbocycles. The summed E-state index contributed by atoms with van der Waals surface area (Å²) in [7, 11) is 0. The molecule has 78 valence electrons. The first kappa shape index (κ1) is 9.45. The summed E-state index contributed by atoms with van der Waals surface area (Å²) in [5, 5.41) is 3.98. The molecule has 0 radical (unpaired) electrons. The summed E-state index contributed by atoms with van der Waals surface area (Å²) in [6.07, 6.45) is 7.13. The van der Waals surface area contributed by atoms with E-state index in [0.717, 1.165) is 6.54 Å². The Morgan fingerprint density at radius 1 is 1.50 bits per heavy atom. The van der Waals surface area contributed by atoms with Crippen LogP contribution in [-0.4, -0.2) is 27.5 Å². The SMILES string of the molecule is Nc1ncn(CCOC2CCCC2)n1.